The van der Waals surface area contributed by atoms with Crippen LogP contribution in [0.5, 0.6) is 0 Å². The molecule has 2 atom stereocenters. The highest BCUT2D eigenvalue weighted by Gasteiger charge is 2.40. The van der Waals surface area contributed by atoms with Crippen LogP contribution in [0.1, 0.15) is 21.8 Å². The van der Waals surface area contributed by atoms with Gasteiger partial charge in [0, 0.05) is 13.0 Å². The molecule has 8 heteroatoms. The molecule has 1 N–H and O–H groups in total. The molecule has 2 heterocycles. The van der Waals surface area contributed by atoms with Gasteiger partial charge in [0.1, 0.15) is 10.9 Å². The number of amides is 1. The number of methoxy groups -OCH3 is 1. The molecular formula is C10H13N3O4S. The molecule has 0 spiro atoms. The summed E-state index contributed by atoms with van der Waals surface area (Å²) in [6, 6.07) is -0.737. The number of ether oxygens (including phenoxy) is 1. The van der Waals surface area contributed by atoms with Gasteiger partial charge in [-0.15, -0.1) is 5.10 Å². The van der Waals surface area contributed by atoms with E-state index in [2.05, 4.69) is 14.3 Å². The molecule has 1 amide bonds. The Morgan fingerprint density at radius 3 is 2.83 bits per heavy atom. The van der Waals surface area contributed by atoms with E-state index in [1.165, 1.54) is 12.0 Å². The molecule has 2 unspecified atom stereocenters. The molecule has 1 saturated heterocycles. The topological polar surface area (TPSA) is 92.6 Å². The second-order valence-electron chi connectivity index (χ2n) is 4.07. The van der Waals surface area contributed by atoms with Crippen molar-refractivity contribution >= 4 is 23.4 Å². The lowest BCUT2D eigenvalue weighted by Crippen LogP contribution is -2.41. The highest BCUT2D eigenvalue weighted by Crippen LogP contribution is 2.23. The Hall–Kier alpha value is -1.54. The van der Waals surface area contributed by atoms with Gasteiger partial charge in [-0.2, -0.15) is 0 Å². The zero-order valence-electron chi connectivity index (χ0n) is 9.99. The fourth-order valence-corrected chi connectivity index (χ4v) is 2.57. The number of hydrogen-bond donors (Lipinski definition) is 1. The van der Waals surface area contributed by atoms with Crippen LogP contribution in [-0.4, -0.2) is 57.3 Å². The Morgan fingerprint density at radius 1 is 1.56 bits per heavy atom. The maximum Gasteiger partial charge on any atom is 0.328 e. The van der Waals surface area contributed by atoms with E-state index >= 15 is 0 Å². The second-order valence-corrected chi connectivity index (χ2v) is 4.83. The van der Waals surface area contributed by atoms with Gasteiger partial charge in [-0.25, -0.2) is 4.79 Å². The minimum absolute atomic E-state index is 0.121. The zero-order valence-corrected chi connectivity index (χ0v) is 10.8. The van der Waals surface area contributed by atoms with Crippen LogP contribution in [-0.2, 0) is 9.53 Å². The van der Waals surface area contributed by atoms with Crippen molar-refractivity contribution in [1.29, 1.82) is 0 Å². The first-order valence-electron chi connectivity index (χ1n) is 5.40. The number of carbonyl (C=O) groups is 2. The van der Waals surface area contributed by atoms with Crippen LogP contribution < -0.4 is 0 Å². The van der Waals surface area contributed by atoms with E-state index in [9.17, 15) is 14.7 Å². The van der Waals surface area contributed by atoms with Gasteiger partial charge >= 0.3 is 5.97 Å². The first-order valence-corrected chi connectivity index (χ1v) is 6.17. The number of aliphatic hydroxyl groups is 1. The molecule has 1 aliphatic heterocycles. The van der Waals surface area contributed by atoms with Crippen molar-refractivity contribution < 1.29 is 19.4 Å². The van der Waals surface area contributed by atoms with Gasteiger partial charge in [0.2, 0.25) is 0 Å². The lowest BCUT2D eigenvalue weighted by molar-refractivity contribution is -0.145. The van der Waals surface area contributed by atoms with Crippen molar-refractivity contribution in [1.82, 2.24) is 14.5 Å². The average molecular weight is 271 g/mol. The number of nitrogens with zero attached hydrogens (tertiary/aromatic N) is 3. The van der Waals surface area contributed by atoms with Crippen LogP contribution in [0.3, 0.4) is 0 Å². The Morgan fingerprint density at radius 2 is 2.28 bits per heavy atom. The summed E-state index contributed by atoms with van der Waals surface area (Å²) in [6.45, 7) is 1.80. The monoisotopic (exact) mass is 271 g/mol. The molecule has 18 heavy (non-hydrogen) atoms. The minimum Gasteiger partial charge on any atom is -0.467 e. The molecule has 98 valence electrons. The summed E-state index contributed by atoms with van der Waals surface area (Å²) in [5.74, 6) is -0.857. The standard InChI is InChI=1S/C10H13N3O4S/c1-5-8(18-12-11-5)9(15)13-4-6(14)3-7(13)10(16)17-2/h6-7,14H,3-4H2,1-2H3. The van der Waals surface area contributed by atoms with Gasteiger partial charge in [-0.05, 0) is 18.5 Å². The number of hydrogen-bond acceptors (Lipinski definition) is 7. The molecule has 0 aromatic carbocycles. The van der Waals surface area contributed by atoms with Crippen molar-refractivity contribution in [2.45, 2.75) is 25.5 Å². The summed E-state index contributed by atoms with van der Waals surface area (Å²) in [7, 11) is 1.26. The molecule has 1 fully saturated rings. The molecule has 1 aromatic rings. The summed E-state index contributed by atoms with van der Waals surface area (Å²) in [5, 5.41) is 13.4. The van der Waals surface area contributed by atoms with E-state index in [4.69, 9.17) is 0 Å². The van der Waals surface area contributed by atoms with Gasteiger partial charge in [-0.3, -0.25) is 4.79 Å². The molecule has 0 bridgehead atoms. The lowest BCUT2D eigenvalue weighted by Gasteiger charge is -2.21. The van der Waals surface area contributed by atoms with Gasteiger partial charge in [0.05, 0.1) is 18.9 Å². The molecule has 1 aromatic heterocycles. The quantitative estimate of drug-likeness (QED) is 0.735. The predicted octanol–water partition coefficient (Wildman–Crippen LogP) is -0.405. The Balaban J connectivity index is 2.23. The molecule has 0 aliphatic carbocycles. The number of aryl methyl sites for hydroxylation is 1. The zero-order chi connectivity index (χ0) is 13.3. The molecule has 0 saturated carbocycles. The third-order valence-corrected chi connectivity index (χ3v) is 3.67. The number of aliphatic hydroxyl groups excluding tert-OH is 1. The Labute approximate surface area is 108 Å². The maximum atomic E-state index is 12.2. The first kappa shape index (κ1) is 12.9. The second kappa shape index (κ2) is 4.99. The first-order chi connectivity index (χ1) is 8.54. The molecule has 1 aliphatic rings. The van der Waals surface area contributed by atoms with Crippen molar-refractivity contribution in [2.24, 2.45) is 0 Å². The van der Waals surface area contributed by atoms with Crippen LogP contribution >= 0.6 is 11.5 Å². The van der Waals surface area contributed by atoms with Gasteiger partial charge in [0.15, 0.2) is 0 Å². The van der Waals surface area contributed by atoms with E-state index in [0.29, 0.717) is 10.6 Å². The van der Waals surface area contributed by atoms with Crippen LogP contribution in [0, 0.1) is 6.92 Å². The molecule has 0 radical (unpaired) electrons. The van der Waals surface area contributed by atoms with Crippen LogP contribution in [0.25, 0.3) is 0 Å². The van der Waals surface area contributed by atoms with E-state index in [1.54, 1.807) is 6.92 Å². The summed E-state index contributed by atoms with van der Waals surface area (Å²) in [5.41, 5.74) is 0.523. The fraction of sp³-hybridized carbons (Fsp3) is 0.600. The summed E-state index contributed by atoms with van der Waals surface area (Å²) >= 11 is 0.981. The third-order valence-electron chi connectivity index (χ3n) is 2.86. The van der Waals surface area contributed by atoms with Crippen LogP contribution in [0.2, 0.25) is 0 Å². The van der Waals surface area contributed by atoms with Gasteiger partial charge < -0.3 is 14.7 Å². The minimum atomic E-state index is -0.737. The smallest absolute Gasteiger partial charge is 0.328 e. The Bertz CT molecular complexity index is 475. The molecule has 2 rings (SSSR count). The summed E-state index contributed by atoms with van der Waals surface area (Å²) in [4.78, 5) is 25.5. The molecular weight excluding hydrogens is 258 g/mol. The number of rotatable bonds is 2. The predicted molar refractivity (Wildman–Crippen MR) is 62.1 cm³/mol. The van der Waals surface area contributed by atoms with Gasteiger partial charge in [-0.1, -0.05) is 4.49 Å². The highest BCUT2D eigenvalue weighted by atomic mass is 32.1. The van der Waals surface area contributed by atoms with Gasteiger partial charge in [0.25, 0.3) is 5.91 Å². The maximum absolute atomic E-state index is 12.2. The number of likely N-dealkylation sites (tertiary alicyclic amines) is 1. The normalized spacial score (nSPS) is 23.2. The molecule has 7 nitrogen and oxygen atoms in total. The number of carbonyl (C=O) groups excluding carboxylic acids is 2. The SMILES string of the molecule is COC(=O)C1CC(O)CN1C(=O)c1snnc1C. The van der Waals surface area contributed by atoms with E-state index in [-0.39, 0.29) is 18.9 Å². The number of esters is 1. The number of β-amino-alcohol motifs (C(OH)–C–C–N with tert-alkyl or cyclic N) is 1. The largest absolute Gasteiger partial charge is 0.467 e. The average Bonchev–Trinajstić information content (AvgIpc) is 2.93. The third kappa shape index (κ3) is 2.21. The van der Waals surface area contributed by atoms with Crippen LogP contribution in [0.4, 0.5) is 0 Å². The number of aromatic nitrogens is 2. The van der Waals surface area contributed by atoms with E-state index < -0.39 is 18.1 Å². The van der Waals surface area contributed by atoms with Crippen molar-refractivity contribution in [2.75, 3.05) is 13.7 Å². The summed E-state index contributed by atoms with van der Waals surface area (Å²) in [6.07, 6.45) is -0.511. The highest BCUT2D eigenvalue weighted by molar-refractivity contribution is 7.07. The lowest BCUT2D eigenvalue weighted by atomic mass is 10.2. The van der Waals surface area contributed by atoms with E-state index in [1.807, 2.05) is 0 Å². The summed E-state index contributed by atoms with van der Waals surface area (Å²) < 4.78 is 8.33. The van der Waals surface area contributed by atoms with E-state index in [0.717, 1.165) is 11.5 Å². The van der Waals surface area contributed by atoms with Crippen molar-refractivity contribution in [3.63, 3.8) is 0 Å². The Kier molecular flexibility index (Phi) is 3.58. The van der Waals surface area contributed by atoms with Crippen molar-refractivity contribution in [3.05, 3.63) is 10.6 Å². The van der Waals surface area contributed by atoms with Crippen molar-refractivity contribution in [3.8, 4) is 0 Å². The van der Waals surface area contributed by atoms with Crippen LogP contribution in [0.15, 0.2) is 0 Å². The fourth-order valence-electron chi connectivity index (χ4n) is 1.96.